The molecule has 0 radical (unpaired) electrons. The first-order valence-electron chi connectivity index (χ1n) is 11.6. The zero-order chi connectivity index (χ0) is 22.5. The summed E-state index contributed by atoms with van der Waals surface area (Å²) in [5.74, 6) is 0.653. The van der Waals surface area contributed by atoms with Gasteiger partial charge in [0.15, 0.2) is 0 Å². The number of hydrogen-bond donors (Lipinski definition) is 0. The second-order valence-electron chi connectivity index (χ2n) is 9.12. The molecule has 1 heterocycles. The summed E-state index contributed by atoms with van der Waals surface area (Å²) in [6, 6.07) is 3.70. The SMILES string of the molecule is CN(C1CCC(CCCCN2CCCCC2)CC1)S(=O)(=O)c1ccc(C(F)(F)F)cc1. The summed E-state index contributed by atoms with van der Waals surface area (Å²) >= 11 is 0. The maximum absolute atomic E-state index is 12.9. The number of piperidine rings is 1. The maximum Gasteiger partial charge on any atom is 0.416 e. The van der Waals surface area contributed by atoms with Crippen LogP contribution >= 0.6 is 0 Å². The van der Waals surface area contributed by atoms with Crippen molar-refractivity contribution in [2.75, 3.05) is 26.7 Å². The van der Waals surface area contributed by atoms with Gasteiger partial charge in [0.1, 0.15) is 0 Å². The van der Waals surface area contributed by atoms with Gasteiger partial charge < -0.3 is 4.90 Å². The van der Waals surface area contributed by atoms with Crippen LogP contribution in [0.4, 0.5) is 13.2 Å². The fraction of sp³-hybridized carbons (Fsp3) is 0.739. The lowest BCUT2D eigenvalue weighted by molar-refractivity contribution is -0.137. The number of rotatable bonds is 8. The number of benzene rings is 1. The molecule has 2 fully saturated rings. The van der Waals surface area contributed by atoms with E-state index in [2.05, 4.69) is 4.90 Å². The lowest BCUT2D eigenvalue weighted by Gasteiger charge is -2.34. The van der Waals surface area contributed by atoms with Crippen LogP contribution < -0.4 is 0 Å². The first-order valence-corrected chi connectivity index (χ1v) is 13.0. The molecule has 1 saturated carbocycles. The molecule has 2 aliphatic rings. The van der Waals surface area contributed by atoms with Gasteiger partial charge in [-0.2, -0.15) is 17.5 Å². The Morgan fingerprint density at radius 2 is 1.58 bits per heavy atom. The van der Waals surface area contributed by atoms with Crippen molar-refractivity contribution in [2.24, 2.45) is 5.92 Å². The van der Waals surface area contributed by atoms with Gasteiger partial charge in [-0.15, -0.1) is 0 Å². The van der Waals surface area contributed by atoms with Crippen molar-refractivity contribution in [1.29, 1.82) is 0 Å². The number of nitrogens with zero attached hydrogens (tertiary/aromatic N) is 2. The number of hydrogen-bond acceptors (Lipinski definition) is 3. The van der Waals surface area contributed by atoms with Gasteiger partial charge in [0.25, 0.3) is 0 Å². The van der Waals surface area contributed by atoms with Crippen molar-refractivity contribution in [1.82, 2.24) is 9.21 Å². The molecule has 0 atom stereocenters. The smallest absolute Gasteiger partial charge is 0.303 e. The summed E-state index contributed by atoms with van der Waals surface area (Å²) < 4.78 is 65.4. The van der Waals surface area contributed by atoms with Crippen LogP contribution in [0.2, 0.25) is 0 Å². The third-order valence-electron chi connectivity index (χ3n) is 6.97. The van der Waals surface area contributed by atoms with Gasteiger partial charge in [-0.3, -0.25) is 0 Å². The highest BCUT2D eigenvalue weighted by molar-refractivity contribution is 7.89. The molecule has 1 saturated heterocycles. The third kappa shape index (κ3) is 6.68. The first kappa shape index (κ1) is 24.5. The van der Waals surface area contributed by atoms with E-state index in [1.54, 1.807) is 7.05 Å². The summed E-state index contributed by atoms with van der Waals surface area (Å²) in [7, 11) is -2.24. The Kier molecular flexibility index (Phi) is 8.44. The van der Waals surface area contributed by atoms with Crippen molar-refractivity contribution in [3.05, 3.63) is 29.8 Å². The highest BCUT2D eigenvalue weighted by Crippen LogP contribution is 2.34. The molecular formula is C23H35F3N2O2S. The molecular weight excluding hydrogens is 425 g/mol. The van der Waals surface area contributed by atoms with Crippen LogP contribution in [0, 0.1) is 5.92 Å². The van der Waals surface area contributed by atoms with E-state index in [9.17, 15) is 21.6 Å². The standard InChI is InChI=1S/C23H35F3N2O2S/c1-27(31(29,30)22-14-10-20(11-15-22)23(24,25)26)21-12-8-19(9-13-21)7-3-6-18-28-16-4-2-5-17-28/h10-11,14-15,19,21H,2-9,12-13,16-18H2,1H3. The molecule has 0 aromatic heterocycles. The quantitative estimate of drug-likeness (QED) is 0.478. The maximum atomic E-state index is 12.9. The van der Waals surface area contributed by atoms with E-state index < -0.39 is 21.8 Å². The number of unbranched alkanes of at least 4 members (excludes halogenated alkanes) is 1. The highest BCUT2D eigenvalue weighted by atomic mass is 32.2. The van der Waals surface area contributed by atoms with Crippen molar-refractivity contribution in [3.8, 4) is 0 Å². The van der Waals surface area contributed by atoms with Crippen molar-refractivity contribution in [3.63, 3.8) is 0 Å². The monoisotopic (exact) mass is 460 g/mol. The second kappa shape index (κ2) is 10.7. The number of likely N-dealkylation sites (tertiary alicyclic amines) is 1. The molecule has 1 aliphatic heterocycles. The van der Waals surface area contributed by atoms with Gasteiger partial charge in [0.05, 0.1) is 10.5 Å². The van der Waals surface area contributed by atoms with E-state index in [1.165, 1.54) is 62.5 Å². The first-order chi connectivity index (χ1) is 14.7. The Hall–Kier alpha value is -1.12. The summed E-state index contributed by atoms with van der Waals surface area (Å²) in [6.45, 7) is 3.68. The number of sulfonamides is 1. The second-order valence-corrected chi connectivity index (χ2v) is 11.1. The van der Waals surface area contributed by atoms with Gasteiger partial charge in [-0.25, -0.2) is 8.42 Å². The Morgan fingerprint density at radius 1 is 0.968 bits per heavy atom. The third-order valence-corrected chi connectivity index (χ3v) is 8.90. The molecule has 0 N–H and O–H groups in total. The van der Waals surface area contributed by atoms with Gasteiger partial charge in [0, 0.05) is 13.1 Å². The summed E-state index contributed by atoms with van der Waals surface area (Å²) in [4.78, 5) is 2.49. The van der Waals surface area contributed by atoms with E-state index in [0.29, 0.717) is 5.92 Å². The molecule has 8 heteroatoms. The number of alkyl halides is 3. The van der Waals surface area contributed by atoms with E-state index in [4.69, 9.17) is 0 Å². The zero-order valence-corrected chi connectivity index (χ0v) is 19.2. The van der Waals surface area contributed by atoms with Crippen molar-refractivity contribution in [2.45, 2.75) is 81.3 Å². The van der Waals surface area contributed by atoms with Crippen molar-refractivity contribution >= 4 is 10.0 Å². The molecule has 4 nitrogen and oxygen atoms in total. The van der Waals surface area contributed by atoms with Crippen LogP contribution in [0.25, 0.3) is 0 Å². The van der Waals surface area contributed by atoms with Crippen LogP contribution in [-0.4, -0.2) is 50.3 Å². The highest BCUT2D eigenvalue weighted by Gasteiger charge is 2.33. The predicted molar refractivity (Wildman–Crippen MR) is 116 cm³/mol. The minimum absolute atomic E-state index is 0.0807. The lowest BCUT2D eigenvalue weighted by Crippen LogP contribution is -2.39. The average molecular weight is 461 g/mol. The molecule has 1 aromatic carbocycles. The molecule has 176 valence electrons. The van der Waals surface area contributed by atoms with Crippen LogP contribution in [0.5, 0.6) is 0 Å². The summed E-state index contributed by atoms with van der Waals surface area (Å²) in [5, 5.41) is 0. The summed E-state index contributed by atoms with van der Waals surface area (Å²) in [6.07, 6.45) is 6.87. The molecule has 0 amide bonds. The summed E-state index contributed by atoms with van der Waals surface area (Å²) in [5.41, 5.74) is -0.838. The average Bonchev–Trinajstić information content (AvgIpc) is 2.77. The molecule has 3 rings (SSSR count). The van der Waals surface area contributed by atoms with E-state index >= 15 is 0 Å². The van der Waals surface area contributed by atoms with E-state index in [1.807, 2.05) is 0 Å². The van der Waals surface area contributed by atoms with E-state index in [-0.39, 0.29) is 10.9 Å². The largest absolute Gasteiger partial charge is 0.416 e. The van der Waals surface area contributed by atoms with Crippen LogP contribution in [0.1, 0.15) is 69.8 Å². The van der Waals surface area contributed by atoms with Crippen LogP contribution in [-0.2, 0) is 16.2 Å². The van der Waals surface area contributed by atoms with Crippen LogP contribution in [0.15, 0.2) is 29.2 Å². The minimum atomic E-state index is -4.47. The van der Waals surface area contributed by atoms with Gasteiger partial charge in [0.2, 0.25) is 10.0 Å². The fourth-order valence-corrected chi connectivity index (χ4v) is 6.34. The Balaban J connectivity index is 1.44. The Morgan fingerprint density at radius 3 is 2.16 bits per heavy atom. The lowest BCUT2D eigenvalue weighted by atomic mass is 9.83. The van der Waals surface area contributed by atoms with E-state index in [0.717, 1.165) is 49.9 Å². The zero-order valence-electron chi connectivity index (χ0n) is 18.4. The fourth-order valence-electron chi connectivity index (χ4n) is 4.93. The molecule has 1 aliphatic carbocycles. The Bertz CT molecular complexity index is 782. The molecule has 1 aromatic rings. The van der Waals surface area contributed by atoms with Gasteiger partial charge in [-0.1, -0.05) is 19.3 Å². The van der Waals surface area contributed by atoms with Gasteiger partial charge >= 0.3 is 6.18 Å². The topological polar surface area (TPSA) is 40.6 Å². The Labute approximate surface area is 184 Å². The molecule has 0 bridgehead atoms. The molecule has 31 heavy (non-hydrogen) atoms. The van der Waals surface area contributed by atoms with Gasteiger partial charge in [-0.05, 0) is 94.8 Å². The predicted octanol–water partition coefficient (Wildman–Crippen LogP) is 5.54. The molecule has 0 spiro atoms. The van der Waals surface area contributed by atoms with Crippen molar-refractivity contribution < 1.29 is 21.6 Å². The molecule has 0 unspecified atom stereocenters. The minimum Gasteiger partial charge on any atom is -0.303 e. The normalized spacial score (nSPS) is 23.9. The van der Waals surface area contributed by atoms with Crippen LogP contribution in [0.3, 0.4) is 0 Å². The number of halogens is 3.